The van der Waals surface area contributed by atoms with E-state index in [1.54, 1.807) is 24.3 Å². The van der Waals surface area contributed by atoms with Crippen molar-refractivity contribution < 1.29 is 17.9 Å². The minimum absolute atomic E-state index is 0.0431. The van der Waals surface area contributed by atoms with Gasteiger partial charge in [0.05, 0.1) is 24.5 Å². The number of nitrogens with one attached hydrogen (secondary N) is 1. The molecule has 0 aromatic heterocycles. The number of fused-ring (bicyclic) bond motifs is 2. The number of aryl methyl sites for hydroxylation is 2. The lowest BCUT2D eigenvalue weighted by Gasteiger charge is -2.34. The minimum Gasteiger partial charge on any atom is -0.476 e. The highest BCUT2D eigenvalue weighted by Crippen LogP contribution is 2.34. The number of sulfonamides is 1. The lowest BCUT2D eigenvalue weighted by atomic mass is 10.0. The van der Waals surface area contributed by atoms with Gasteiger partial charge in [-0.2, -0.15) is 0 Å². The van der Waals surface area contributed by atoms with E-state index in [1.807, 2.05) is 6.92 Å². The molecule has 0 unspecified atom stereocenters. The molecule has 2 aliphatic rings. The Morgan fingerprint density at radius 2 is 1.93 bits per heavy atom. The summed E-state index contributed by atoms with van der Waals surface area (Å²) in [5, 5.41) is 2.97. The van der Waals surface area contributed by atoms with Gasteiger partial charge in [0.2, 0.25) is 10.0 Å². The quantitative estimate of drug-likeness (QED) is 0.856. The van der Waals surface area contributed by atoms with E-state index in [0.29, 0.717) is 11.4 Å². The predicted octanol–water partition coefficient (Wildman–Crippen LogP) is 2.58. The molecule has 1 amide bonds. The topological polar surface area (TPSA) is 75.7 Å². The van der Waals surface area contributed by atoms with Crippen molar-refractivity contribution in [2.45, 2.75) is 38.3 Å². The van der Waals surface area contributed by atoms with Gasteiger partial charge in [-0.1, -0.05) is 30.3 Å². The first-order chi connectivity index (χ1) is 13.3. The molecule has 2 atom stereocenters. The van der Waals surface area contributed by atoms with Gasteiger partial charge in [0.1, 0.15) is 5.75 Å². The number of carbonyl (C=O) groups excluding carboxylic acids is 1. The van der Waals surface area contributed by atoms with Crippen LogP contribution in [0.25, 0.3) is 0 Å². The van der Waals surface area contributed by atoms with Crippen molar-refractivity contribution >= 4 is 21.6 Å². The second-order valence-corrected chi connectivity index (χ2v) is 9.39. The summed E-state index contributed by atoms with van der Waals surface area (Å²) in [4.78, 5) is 12.8. The highest BCUT2D eigenvalue weighted by molar-refractivity contribution is 7.92. The standard InChI is InChI=1S/C21H24N2O4S/c1-14(16-11-10-15-6-5-7-17(15)12-16)22-21(24)20-13-23(28(2,25)26)18-8-3-4-9-19(18)27-20/h3-4,8-12,14,20H,5-7,13H2,1-2H3,(H,22,24)/t14-,20+/m0/s1. The van der Waals surface area contributed by atoms with Crippen molar-refractivity contribution in [2.24, 2.45) is 0 Å². The maximum atomic E-state index is 12.8. The normalized spacial score (nSPS) is 19.4. The van der Waals surface area contributed by atoms with Gasteiger partial charge in [0.15, 0.2) is 6.10 Å². The number of ether oxygens (including phenoxy) is 1. The predicted molar refractivity (Wildman–Crippen MR) is 108 cm³/mol. The summed E-state index contributed by atoms with van der Waals surface area (Å²) < 4.78 is 31.5. The van der Waals surface area contributed by atoms with Gasteiger partial charge in [0.25, 0.3) is 5.91 Å². The molecular weight excluding hydrogens is 376 g/mol. The van der Waals surface area contributed by atoms with Crippen LogP contribution in [0, 0.1) is 0 Å². The first-order valence-corrected chi connectivity index (χ1v) is 11.3. The summed E-state index contributed by atoms with van der Waals surface area (Å²) in [7, 11) is -3.52. The number of anilines is 1. The Hall–Kier alpha value is -2.54. The molecule has 148 valence electrons. The fourth-order valence-corrected chi connectivity index (χ4v) is 4.82. The van der Waals surface area contributed by atoms with Crippen LogP contribution in [0.5, 0.6) is 5.75 Å². The third-order valence-electron chi connectivity index (χ3n) is 5.41. The minimum atomic E-state index is -3.52. The van der Waals surface area contributed by atoms with Gasteiger partial charge in [-0.25, -0.2) is 8.42 Å². The molecule has 0 spiro atoms. The molecule has 6 nitrogen and oxygen atoms in total. The largest absolute Gasteiger partial charge is 0.476 e. The van der Waals surface area contributed by atoms with Crippen molar-refractivity contribution in [1.29, 1.82) is 0 Å². The monoisotopic (exact) mass is 400 g/mol. The summed E-state index contributed by atoms with van der Waals surface area (Å²) in [6.45, 7) is 1.89. The number of para-hydroxylation sites is 2. The Morgan fingerprint density at radius 3 is 2.71 bits per heavy atom. The molecule has 2 aromatic carbocycles. The van der Waals surface area contributed by atoms with E-state index in [2.05, 4.69) is 23.5 Å². The molecular formula is C21H24N2O4S. The molecule has 7 heteroatoms. The lowest BCUT2D eigenvalue weighted by molar-refractivity contribution is -0.128. The second-order valence-electron chi connectivity index (χ2n) is 7.48. The summed E-state index contributed by atoms with van der Waals surface area (Å²) in [6.07, 6.45) is 3.61. The molecule has 1 aliphatic heterocycles. The Bertz CT molecular complexity index is 1020. The van der Waals surface area contributed by atoms with E-state index in [0.717, 1.165) is 24.7 Å². The first-order valence-electron chi connectivity index (χ1n) is 9.48. The molecule has 2 aromatic rings. The zero-order valence-corrected chi connectivity index (χ0v) is 16.8. The number of hydrogen-bond acceptors (Lipinski definition) is 4. The number of hydrogen-bond donors (Lipinski definition) is 1. The molecule has 28 heavy (non-hydrogen) atoms. The van der Waals surface area contributed by atoms with Crippen LogP contribution < -0.4 is 14.4 Å². The van der Waals surface area contributed by atoms with Gasteiger partial charge in [0, 0.05) is 0 Å². The summed E-state index contributed by atoms with van der Waals surface area (Å²) >= 11 is 0. The average molecular weight is 401 g/mol. The number of nitrogens with zero attached hydrogens (tertiary/aromatic N) is 1. The smallest absolute Gasteiger partial charge is 0.263 e. The van der Waals surface area contributed by atoms with E-state index < -0.39 is 16.1 Å². The molecule has 1 heterocycles. The van der Waals surface area contributed by atoms with E-state index in [9.17, 15) is 13.2 Å². The lowest BCUT2D eigenvalue weighted by Crippen LogP contribution is -2.50. The maximum Gasteiger partial charge on any atom is 0.263 e. The molecule has 0 saturated heterocycles. The molecule has 0 saturated carbocycles. The van der Waals surface area contributed by atoms with Crippen LogP contribution in [-0.4, -0.2) is 33.2 Å². The van der Waals surface area contributed by atoms with Crippen LogP contribution in [-0.2, 0) is 27.7 Å². The van der Waals surface area contributed by atoms with E-state index in [4.69, 9.17) is 4.74 Å². The van der Waals surface area contributed by atoms with Crippen LogP contribution in [0.1, 0.15) is 36.1 Å². The number of rotatable bonds is 4. The summed E-state index contributed by atoms with van der Waals surface area (Å²) in [5.74, 6) is 0.0701. The molecule has 0 fully saturated rings. The van der Waals surface area contributed by atoms with E-state index in [1.165, 1.54) is 21.9 Å². The summed E-state index contributed by atoms with van der Waals surface area (Å²) in [6, 6.07) is 13.0. The highest BCUT2D eigenvalue weighted by atomic mass is 32.2. The number of benzene rings is 2. The third-order valence-corrected chi connectivity index (χ3v) is 6.56. The number of carbonyl (C=O) groups is 1. The van der Waals surface area contributed by atoms with Crippen LogP contribution in [0.4, 0.5) is 5.69 Å². The second kappa shape index (κ2) is 7.13. The van der Waals surface area contributed by atoms with Crippen molar-refractivity contribution in [3.8, 4) is 5.75 Å². The highest BCUT2D eigenvalue weighted by Gasteiger charge is 2.35. The Labute approximate surface area is 165 Å². The molecule has 1 N–H and O–H groups in total. The zero-order valence-electron chi connectivity index (χ0n) is 16.0. The Morgan fingerprint density at radius 1 is 1.18 bits per heavy atom. The average Bonchev–Trinajstić information content (AvgIpc) is 3.14. The Balaban J connectivity index is 1.52. The van der Waals surface area contributed by atoms with Gasteiger partial charge >= 0.3 is 0 Å². The van der Waals surface area contributed by atoms with Crippen LogP contribution in [0.2, 0.25) is 0 Å². The SMILES string of the molecule is C[C@H](NC(=O)[C@H]1CN(S(C)(=O)=O)c2ccccc2O1)c1ccc2c(c1)CCC2. The summed E-state index contributed by atoms with van der Waals surface area (Å²) in [5.41, 5.74) is 4.24. The zero-order chi connectivity index (χ0) is 19.9. The van der Waals surface area contributed by atoms with Crippen molar-refractivity contribution in [3.63, 3.8) is 0 Å². The van der Waals surface area contributed by atoms with Crippen LogP contribution >= 0.6 is 0 Å². The van der Waals surface area contributed by atoms with Gasteiger partial charge in [-0.05, 0) is 55.0 Å². The van der Waals surface area contributed by atoms with Crippen LogP contribution in [0.15, 0.2) is 42.5 Å². The molecule has 4 rings (SSSR count). The molecule has 1 aliphatic carbocycles. The fraction of sp³-hybridized carbons (Fsp3) is 0.381. The fourth-order valence-electron chi connectivity index (χ4n) is 3.90. The maximum absolute atomic E-state index is 12.8. The van der Waals surface area contributed by atoms with E-state index in [-0.39, 0.29) is 18.5 Å². The van der Waals surface area contributed by atoms with Crippen molar-refractivity contribution in [1.82, 2.24) is 5.32 Å². The van der Waals surface area contributed by atoms with Gasteiger partial charge < -0.3 is 10.1 Å². The van der Waals surface area contributed by atoms with E-state index >= 15 is 0 Å². The number of amides is 1. The van der Waals surface area contributed by atoms with Gasteiger partial charge in [-0.3, -0.25) is 9.10 Å². The molecule has 0 radical (unpaired) electrons. The third kappa shape index (κ3) is 3.58. The molecule has 0 bridgehead atoms. The van der Waals surface area contributed by atoms with Gasteiger partial charge in [-0.15, -0.1) is 0 Å². The first kappa shape index (κ1) is 18.8. The van der Waals surface area contributed by atoms with Crippen LogP contribution in [0.3, 0.4) is 0 Å². The van der Waals surface area contributed by atoms with Crippen molar-refractivity contribution in [2.75, 3.05) is 17.1 Å². The Kier molecular flexibility index (Phi) is 4.79. The van der Waals surface area contributed by atoms with Crippen molar-refractivity contribution in [3.05, 3.63) is 59.2 Å².